The number of rotatable bonds is 1. The maximum atomic E-state index is 13.5. The van der Waals surface area contributed by atoms with Crippen molar-refractivity contribution in [3.63, 3.8) is 0 Å². The molecule has 2 rings (SSSR count). The normalized spacial score (nSPS) is 10.6. The molecule has 2 aromatic rings. The van der Waals surface area contributed by atoms with Crippen LogP contribution in [0, 0.1) is 11.6 Å². The first-order chi connectivity index (χ1) is 7.13. The van der Waals surface area contributed by atoms with Crippen LogP contribution in [0.4, 0.5) is 20.2 Å². The summed E-state index contributed by atoms with van der Waals surface area (Å²) in [6.07, 6.45) is 0. The Labute approximate surface area is 85.7 Å². The molecule has 4 heteroatoms. The van der Waals surface area contributed by atoms with Crippen LogP contribution in [0.15, 0.2) is 24.3 Å². The van der Waals surface area contributed by atoms with Crippen LogP contribution in [0.25, 0.3) is 10.8 Å². The van der Waals surface area contributed by atoms with E-state index in [0.717, 1.165) is 0 Å². The van der Waals surface area contributed by atoms with E-state index in [9.17, 15) is 8.78 Å². The third kappa shape index (κ3) is 1.48. The molecule has 0 saturated carbocycles. The van der Waals surface area contributed by atoms with Crippen molar-refractivity contribution < 1.29 is 8.78 Å². The van der Waals surface area contributed by atoms with Crippen molar-refractivity contribution >= 4 is 22.1 Å². The molecule has 3 N–H and O–H groups in total. The molecule has 0 aromatic heterocycles. The number of nitrogens with two attached hydrogens (primary N) is 1. The molecule has 0 fully saturated rings. The van der Waals surface area contributed by atoms with Crippen LogP contribution in [-0.4, -0.2) is 7.05 Å². The lowest BCUT2D eigenvalue weighted by molar-refractivity contribution is 0.627. The van der Waals surface area contributed by atoms with Crippen LogP contribution in [0.1, 0.15) is 0 Å². The number of halogens is 2. The summed E-state index contributed by atoms with van der Waals surface area (Å²) >= 11 is 0. The quantitative estimate of drug-likeness (QED) is 0.707. The average Bonchev–Trinajstić information content (AvgIpc) is 2.22. The van der Waals surface area contributed by atoms with E-state index in [1.165, 1.54) is 24.3 Å². The summed E-state index contributed by atoms with van der Waals surface area (Å²) in [4.78, 5) is 0. The second-order valence-electron chi connectivity index (χ2n) is 3.26. The van der Waals surface area contributed by atoms with E-state index in [1.54, 1.807) is 7.05 Å². The number of benzene rings is 2. The van der Waals surface area contributed by atoms with Crippen molar-refractivity contribution in [3.8, 4) is 0 Å². The second kappa shape index (κ2) is 3.38. The average molecular weight is 208 g/mol. The molecule has 0 spiro atoms. The van der Waals surface area contributed by atoms with Crippen molar-refractivity contribution in [2.75, 3.05) is 18.1 Å². The van der Waals surface area contributed by atoms with Gasteiger partial charge in [0.15, 0.2) is 0 Å². The molecular formula is C11H10F2N2. The van der Waals surface area contributed by atoms with Crippen molar-refractivity contribution in [3.05, 3.63) is 35.9 Å². The molecule has 0 radical (unpaired) electrons. The molecule has 0 atom stereocenters. The Balaban J connectivity index is 2.95. The van der Waals surface area contributed by atoms with Crippen LogP contribution in [-0.2, 0) is 0 Å². The number of nitrogen functional groups attached to an aromatic ring is 1. The Hall–Kier alpha value is -1.84. The Morgan fingerprint density at radius 1 is 1.20 bits per heavy atom. The topological polar surface area (TPSA) is 38.0 Å². The SMILES string of the molecule is CNc1cc(F)cc2c(N)ccc(F)c12. The molecule has 2 aromatic carbocycles. The van der Waals surface area contributed by atoms with Gasteiger partial charge in [0, 0.05) is 29.2 Å². The summed E-state index contributed by atoms with van der Waals surface area (Å²) in [6.45, 7) is 0. The number of anilines is 2. The van der Waals surface area contributed by atoms with E-state index in [0.29, 0.717) is 22.1 Å². The number of hydrogen-bond donors (Lipinski definition) is 2. The van der Waals surface area contributed by atoms with Gasteiger partial charge in [-0.25, -0.2) is 8.78 Å². The molecule has 0 aliphatic carbocycles. The summed E-state index contributed by atoms with van der Waals surface area (Å²) in [5.74, 6) is -0.854. The van der Waals surface area contributed by atoms with Crippen LogP contribution < -0.4 is 11.1 Å². The van der Waals surface area contributed by atoms with Gasteiger partial charge in [0.2, 0.25) is 0 Å². The first-order valence-electron chi connectivity index (χ1n) is 4.48. The highest BCUT2D eigenvalue weighted by Gasteiger charge is 2.10. The van der Waals surface area contributed by atoms with Gasteiger partial charge in [-0.15, -0.1) is 0 Å². The molecule has 2 nitrogen and oxygen atoms in total. The highest BCUT2D eigenvalue weighted by atomic mass is 19.1. The van der Waals surface area contributed by atoms with Crippen molar-refractivity contribution in [2.45, 2.75) is 0 Å². The van der Waals surface area contributed by atoms with Gasteiger partial charge in [0.1, 0.15) is 11.6 Å². The van der Waals surface area contributed by atoms with E-state index in [-0.39, 0.29) is 0 Å². The molecule has 15 heavy (non-hydrogen) atoms. The fourth-order valence-electron chi connectivity index (χ4n) is 1.63. The highest BCUT2D eigenvalue weighted by Crippen LogP contribution is 2.31. The third-order valence-corrected chi connectivity index (χ3v) is 2.33. The molecule has 0 unspecified atom stereocenters. The Kier molecular flexibility index (Phi) is 2.19. The van der Waals surface area contributed by atoms with Crippen LogP contribution in [0.3, 0.4) is 0 Å². The van der Waals surface area contributed by atoms with Gasteiger partial charge in [-0.05, 0) is 24.3 Å². The fourth-order valence-corrected chi connectivity index (χ4v) is 1.63. The van der Waals surface area contributed by atoms with Gasteiger partial charge >= 0.3 is 0 Å². The van der Waals surface area contributed by atoms with Crippen LogP contribution in [0.5, 0.6) is 0 Å². The van der Waals surface area contributed by atoms with Crippen LogP contribution in [0.2, 0.25) is 0 Å². The smallest absolute Gasteiger partial charge is 0.133 e. The molecule has 0 bridgehead atoms. The van der Waals surface area contributed by atoms with Crippen molar-refractivity contribution in [2.24, 2.45) is 0 Å². The standard InChI is InChI=1S/C11H10F2N2/c1-15-10-5-6(12)4-7-9(14)3-2-8(13)11(7)10/h2-5,15H,14H2,1H3. The first-order valence-corrected chi connectivity index (χ1v) is 4.48. The predicted molar refractivity (Wildman–Crippen MR) is 57.8 cm³/mol. The predicted octanol–water partition coefficient (Wildman–Crippen LogP) is 2.74. The lowest BCUT2D eigenvalue weighted by Gasteiger charge is -2.09. The summed E-state index contributed by atoms with van der Waals surface area (Å²) in [7, 11) is 1.61. The van der Waals surface area contributed by atoms with E-state index in [2.05, 4.69) is 5.32 Å². The minimum Gasteiger partial charge on any atom is -0.398 e. The van der Waals surface area contributed by atoms with Gasteiger partial charge < -0.3 is 11.1 Å². The zero-order chi connectivity index (χ0) is 11.0. The maximum absolute atomic E-state index is 13.5. The highest BCUT2D eigenvalue weighted by molar-refractivity contribution is 6.01. The minimum absolute atomic E-state index is 0.318. The molecule has 78 valence electrons. The summed E-state index contributed by atoms with van der Waals surface area (Å²) in [5, 5.41) is 3.45. The molecule has 0 aliphatic rings. The van der Waals surface area contributed by atoms with Crippen molar-refractivity contribution in [1.29, 1.82) is 0 Å². The van der Waals surface area contributed by atoms with E-state index in [1.807, 2.05) is 0 Å². The number of hydrogen-bond acceptors (Lipinski definition) is 2. The molecule has 0 heterocycles. The van der Waals surface area contributed by atoms with Gasteiger partial charge in [-0.1, -0.05) is 0 Å². The lowest BCUT2D eigenvalue weighted by Crippen LogP contribution is -1.96. The van der Waals surface area contributed by atoms with Gasteiger partial charge in [0.25, 0.3) is 0 Å². The van der Waals surface area contributed by atoms with Gasteiger partial charge in [0.05, 0.1) is 0 Å². The van der Waals surface area contributed by atoms with E-state index >= 15 is 0 Å². The monoisotopic (exact) mass is 208 g/mol. The van der Waals surface area contributed by atoms with Gasteiger partial charge in [-0.2, -0.15) is 0 Å². The Bertz CT molecular complexity index is 523. The number of nitrogens with one attached hydrogen (secondary N) is 1. The maximum Gasteiger partial charge on any atom is 0.133 e. The van der Waals surface area contributed by atoms with Crippen molar-refractivity contribution in [1.82, 2.24) is 0 Å². The molecule has 0 saturated heterocycles. The summed E-state index contributed by atoms with van der Waals surface area (Å²) < 4.78 is 26.7. The molecular weight excluding hydrogens is 198 g/mol. The zero-order valence-corrected chi connectivity index (χ0v) is 8.14. The van der Waals surface area contributed by atoms with Crippen LogP contribution >= 0.6 is 0 Å². The first kappa shape index (κ1) is 9.71. The lowest BCUT2D eigenvalue weighted by atomic mass is 10.1. The number of fused-ring (bicyclic) bond motifs is 1. The minimum atomic E-state index is -0.441. The Morgan fingerprint density at radius 2 is 1.93 bits per heavy atom. The fraction of sp³-hybridized carbons (Fsp3) is 0.0909. The van der Waals surface area contributed by atoms with Gasteiger partial charge in [-0.3, -0.25) is 0 Å². The second-order valence-corrected chi connectivity index (χ2v) is 3.26. The third-order valence-electron chi connectivity index (χ3n) is 2.33. The molecule has 0 amide bonds. The largest absolute Gasteiger partial charge is 0.398 e. The summed E-state index contributed by atoms with van der Waals surface area (Å²) in [6, 6.07) is 5.17. The van der Waals surface area contributed by atoms with E-state index in [4.69, 9.17) is 5.73 Å². The summed E-state index contributed by atoms with van der Waals surface area (Å²) in [5.41, 5.74) is 6.42. The molecule has 0 aliphatic heterocycles. The zero-order valence-electron chi connectivity index (χ0n) is 8.14. The van der Waals surface area contributed by atoms with E-state index < -0.39 is 11.6 Å². The Morgan fingerprint density at radius 3 is 2.60 bits per heavy atom.